The van der Waals surface area contributed by atoms with Crippen molar-refractivity contribution < 1.29 is 4.79 Å². The molecule has 1 aromatic carbocycles. The lowest BCUT2D eigenvalue weighted by atomic mass is 9.97. The molecule has 3 rings (SSSR count). The highest BCUT2D eigenvalue weighted by atomic mass is 16.1. The Morgan fingerprint density at radius 1 is 1.32 bits per heavy atom. The average Bonchev–Trinajstić information content (AvgIpc) is 2.83. The summed E-state index contributed by atoms with van der Waals surface area (Å²) in [6.07, 6.45) is 5.07. The average molecular weight is 254 g/mol. The molecular formula is C14H14N4O. The Bertz CT molecular complexity index is 585. The van der Waals surface area contributed by atoms with Gasteiger partial charge in [-0.1, -0.05) is 18.2 Å². The second-order valence-electron chi connectivity index (χ2n) is 4.54. The van der Waals surface area contributed by atoms with E-state index in [-0.39, 0.29) is 11.8 Å². The van der Waals surface area contributed by atoms with Gasteiger partial charge in [0.05, 0.1) is 18.1 Å². The molecule has 0 aliphatic carbocycles. The molecule has 0 saturated carbocycles. The van der Waals surface area contributed by atoms with Crippen molar-refractivity contribution in [3.63, 3.8) is 0 Å². The van der Waals surface area contributed by atoms with Gasteiger partial charge in [0, 0.05) is 24.6 Å². The lowest BCUT2D eigenvalue weighted by molar-refractivity contribution is -0.116. The lowest BCUT2D eigenvalue weighted by Gasteiger charge is -2.10. The second-order valence-corrected chi connectivity index (χ2v) is 4.54. The van der Waals surface area contributed by atoms with E-state index in [0.29, 0.717) is 12.1 Å². The number of carbonyl (C=O) groups excluding carboxylic acids is 1. The van der Waals surface area contributed by atoms with E-state index < -0.39 is 0 Å². The van der Waals surface area contributed by atoms with Gasteiger partial charge in [-0.3, -0.25) is 4.79 Å². The zero-order chi connectivity index (χ0) is 13.1. The predicted molar refractivity (Wildman–Crippen MR) is 73.0 cm³/mol. The third kappa shape index (κ3) is 2.54. The minimum absolute atomic E-state index is 0.0155. The maximum Gasteiger partial charge on any atom is 0.225 e. The van der Waals surface area contributed by atoms with Crippen LogP contribution in [0.4, 0.5) is 11.4 Å². The van der Waals surface area contributed by atoms with Crippen LogP contribution in [-0.2, 0) is 4.79 Å². The van der Waals surface area contributed by atoms with Gasteiger partial charge in [-0.2, -0.15) is 0 Å². The number of hydrogen-bond acceptors (Lipinski definition) is 4. The lowest BCUT2D eigenvalue weighted by Crippen LogP contribution is -2.16. The number of nitrogens with one attached hydrogen (secondary N) is 2. The number of amides is 1. The summed E-state index contributed by atoms with van der Waals surface area (Å²) in [7, 11) is 0. The number of fused-ring (bicyclic) bond motifs is 1. The number of hydrogen-bond donors (Lipinski definition) is 2. The van der Waals surface area contributed by atoms with Gasteiger partial charge in [-0.05, 0) is 11.6 Å². The standard InChI is InChI=1S/C14H14N4O/c19-14(18-11-7-15-9-16-8-11)5-10-6-17-13-4-2-1-3-12(10)13/h1-4,7-10,17H,5-6H2,(H,18,19). The second kappa shape index (κ2) is 5.06. The fourth-order valence-electron chi connectivity index (χ4n) is 2.34. The molecule has 0 spiro atoms. The summed E-state index contributed by atoms with van der Waals surface area (Å²) in [6.45, 7) is 0.804. The highest BCUT2D eigenvalue weighted by Gasteiger charge is 2.23. The van der Waals surface area contributed by atoms with Crippen LogP contribution in [0.15, 0.2) is 43.0 Å². The van der Waals surface area contributed by atoms with E-state index in [1.54, 1.807) is 12.4 Å². The van der Waals surface area contributed by atoms with Crippen LogP contribution in [0.1, 0.15) is 17.9 Å². The van der Waals surface area contributed by atoms with Crippen LogP contribution in [0.25, 0.3) is 0 Å². The number of rotatable bonds is 3. The predicted octanol–water partition coefficient (Wildman–Crippen LogP) is 2.01. The maximum absolute atomic E-state index is 12.0. The van der Waals surface area contributed by atoms with E-state index in [0.717, 1.165) is 12.2 Å². The molecule has 1 aromatic heterocycles. The molecule has 19 heavy (non-hydrogen) atoms. The minimum atomic E-state index is -0.0155. The quantitative estimate of drug-likeness (QED) is 0.879. The number of anilines is 2. The van der Waals surface area contributed by atoms with Gasteiger partial charge in [-0.15, -0.1) is 0 Å². The van der Waals surface area contributed by atoms with Crippen molar-refractivity contribution in [2.75, 3.05) is 17.2 Å². The van der Waals surface area contributed by atoms with Crippen molar-refractivity contribution in [2.24, 2.45) is 0 Å². The summed E-state index contributed by atoms with van der Waals surface area (Å²) in [5.41, 5.74) is 2.97. The number of para-hydroxylation sites is 1. The first-order chi connectivity index (χ1) is 9.33. The molecule has 2 heterocycles. The fraction of sp³-hybridized carbons (Fsp3) is 0.214. The topological polar surface area (TPSA) is 66.9 Å². The Morgan fingerprint density at radius 2 is 2.11 bits per heavy atom. The molecular weight excluding hydrogens is 240 g/mol. The largest absolute Gasteiger partial charge is 0.384 e. The summed E-state index contributed by atoms with van der Waals surface area (Å²) in [5.74, 6) is 0.208. The molecule has 0 saturated heterocycles. The minimum Gasteiger partial charge on any atom is -0.384 e. The van der Waals surface area contributed by atoms with Crippen LogP contribution < -0.4 is 10.6 Å². The van der Waals surface area contributed by atoms with Gasteiger partial charge in [0.25, 0.3) is 0 Å². The van der Waals surface area contributed by atoms with Gasteiger partial charge in [-0.25, -0.2) is 9.97 Å². The highest BCUT2D eigenvalue weighted by Crippen LogP contribution is 2.33. The van der Waals surface area contributed by atoms with Gasteiger partial charge in [0.15, 0.2) is 0 Å². The SMILES string of the molecule is O=C(CC1CNc2ccccc21)Nc1cncnc1. The van der Waals surface area contributed by atoms with E-state index in [1.165, 1.54) is 11.9 Å². The Kier molecular flexibility index (Phi) is 3.10. The summed E-state index contributed by atoms with van der Waals surface area (Å²) in [6, 6.07) is 8.11. The number of carbonyl (C=O) groups is 1. The first kappa shape index (κ1) is 11.6. The molecule has 1 aliphatic rings. The van der Waals surface area contributed by atoms with Gasteiger partial charge in [0.2, 0.25) is 5.91 Å². The van der Waals surface area contributed by atoms with E-state index >= 15 is 0 Å². The van der Waals surface area contributed by atoms with E-state index in [2.05, 4.69) is 26.7 Å². The fourth-order valence-corrected chi connectivity index (χ4v) is 2.34. The molecule has 1 aliphatic heterocycles. The van der Waals surface area contributed by atoms with Crippen LogP contribution in [-0.4, -0.2) is 22.4 Å². The molecule has 96 valence electrons. The van der Waals surface area contributed by atoms with Gasteiger partial charge >= 0.3 is 0 Å². The normalized spacial score (nSPS) is 16.5. The van der Waals surface area contributed by atoms with E-state index in [4.69, 9.17) is 0 Å². The highest BCUT2D eigenvalue weighted by molar-refractivity contribution is 5.91. The summed E-state index contributed by atoms with van der Waals surface area (Å²) >= 11 is 0. The van der Waals surface area contributed by atoms with Crippen LogP contribution in [0.5, 0.6) is 0 Å². The summed E-state index contributed by atoms with van der Waals surface area (Å²) < 4.78 is 0. The zero-order valence-electron chi connectivity index (χ0n) is 10.3. The number of aromatic nitrogens is 2. The molecule has 1 atom stereocenters. The maximum atomic E-state index is 12.0. The van der Waals surface area contributed by atoms with E-state index in [9.17, 15) is 4.79 Å². The third-order valence-electron chi connectivity index (χ3n) is 3.22. The van der Waals surface area contributed by atoms with Crippen molar-refractivity contribution in [2.45, 2.75) is 12.3 Å². The molecule has 5 nitrogen and oxygen atoms in total. The Hall–Kier alpha value is -2.43. The molecule has 1 amide bonds. The molecule has 0 fully saturated rings. The van der Waals surface area contributed by atoms with Gasteiger partial charge in [0.1, 0.15) is 6.33 Å². The number of benzene rings is 1. The first-order valence-corrected chi connectivity index (χ1v) is 6.20. The van der Waals surface area contributed by atoms with Crippen LogP contribution in [0, 0.1) is 0 Å². The van der Waals surface area contributed by atoms with Crippen molar-refractivity contribution in [3.8, 4) is 0 Å². The molecule has 2 aromatic rings. The van der Waals surface area contributed by atoms with Crippen molar-refractivity contribution in [1.29, 1.82) is 0 Å². The number of nitrogens with zero attached hydrogens (tertiary/aromatic N) is 2. The van der Waals surface area contributed by atoms with Crippen LogP contribution in [0.3, 0.4) is 0 Å². The van der Waals surface area contributed by atoms with E-state index in [1.807, 2.05) is 18.2 Å². The van der Waals surface area contributed by atoms with Crippen molar-refractivity contribution in [1.82, 2.24) is 9.97 Å². The van der Waals surface area contributed by atoms with Crippen LogP contribution in [0.2, 0.25) is 0 Å². The van der Waals surface area contributed by atoms with Crippen LogP contribution >= 0.6 is 0 Å². The molecule has 0 bridgehead atoms. The van der Waals surface area contributed by atoms with Gasteiger partial charge < -0.3 is 10.6 Å². The molecule has 5 heteroatoms. The smallest absolute Gasteiger partial charge is 0.225 e. The Balaban J connectivity index is 1.65. The summed E-state index contributed by atoms with van der Waals surface area (Å²) in [4.78, 5) is 19.7. The molecule has 1 unspecified atom stereocenters. The third-order valence-corrected chi connectivity index (χ3v) is 3.22. The Labute approximate surface area is 111 Å². The van der Waals surface area contributed by atoms with Crippen molar-refractivity contribution in [3.05, 3.63) is 48.5 Å². The molecule has 2 N–H and O–H groups in total. The summed E-state index contributed by atoms with van der Waals surface area (Å²) in [5, 5.41) is 6.12. The Morgan fingerprint density at radius 3 is 2.95 bits per heavy atom. The zero-order valence-corrected chi connectivity index (χ0v) is 10.3. The monoisotopic (exact) mass is 254 g/mol. The molecule has 0 radical (unpaired) electrons. The first-order valence-electron chi connectivity index (χ1n) is 6.20. The van der Waals surface area contributed by atoms with Crippen molar-refractivity contribution >= 4 is 17.3 Å².